The molecule has 0 radical (unpaired) electrons. The van der Waals surface area contributed by atoms with Crippen LogP contribution in [-0.2, 0) is 45.4 Å². The Morgan fingerprint density at radius 1 is 0.500 bits per heavy atom. The lowest BCUT2D eigenvalue weighted by Crippen LogP contribution is -2.49. The van der Waals surface area contributed by atoms with Gasteiger partial charge in [0.2, 0.25) is 0 Å². The lowest BCUT2D eigenvalue weighted by molar-refractivity contribution is -0.170. The molecule has 10 heteroatoms. The predicted molar refractivity (Wildman–Crippen MR) is 154 cm³/mol. The lowest BCUT2D eigenvalue weighted by atomic mass is 10.0. The van der Waals surface area contributed by atoms with E-state index in [1.54, 1.807) is 0 Å². The van der Waals surface area contributed by atoms with Crippen molar-refractivity contribution in [1.29, 1.82) is 0 Å². The van der Waals surface area contributed by atoms with Crippen LogP contribution in [0.2, 0.25) is 0 Å². The molecule has 44 heavy (non-hydrogen) atoms. The molecular formula is C34H34F4O6. The fourth-order valence-corrected chi connectivity index (χ4v) is 4.33. The number of ether oxygens (including phenoxy) is 4. The predicted octanol–water partition coefficient (Wildman–Crippen LogP) is 5.87. The summed E-state index contributed by atoms with van der Waals surface area (Å²) < 4.78 is 78.0. The van der Waals surface area contributed by atoms with E-state index in [0.29, 0.717) is 0 Å². The van der Waals surface area contributed by atoms with Crippen LogP contribution in [0.5, 0.6) is 0 Å². The number of aliphatic hydroxyl groups is 2. The molecule has 0 saturated heterocycles. The maximum Gasteiger partial charge on any atom is 0.131 e. The summed E-state index contributed by atoms with van der Waals surface area (Å²) in [4.78, 5) is 0. The molecule has 4 atom stereocenters. The SMILES string of the molecule is O[C@@H]([C@H](O)[C@@H](COCc1ccc(F)cc1F)OCc1ccccc1)[C@@H](COCc1ccc(F)cc1F)OCc1ccccc1. The van der Waals surface area contributed by atoms with Gasteiger partial charge in [-0.05, 0) is 23.3 Å². The van der Waals surface area contributed by atoms with Crippen molar-refractivity contribution in [1.82, 2.24) is 0 Å². The maximum atomic E-state index is 14.1. The van der Waals surface area contributed by atoms with E-state index in [1.165, 1.54) is 12.1 Å². The van der Waals surface area contributed by atoms with Crippen LogP contribution in [0.25, 0.3) is 0 Å². The molecular weight excluding hydrogens is 580 g/mol. The van der Waals surface area contributed by atoms with E-state index < -0.39 is 47.7 Å². The average molecular weight is 615 g/mol. The van der Waals surface area contributed by atoms with Crippen LogP contribution in [0.15, 0.2) is 97.1 Å². The fourth-order valence-electron chi connectivity index (χ4n) is 4.33. The number of halogens is 4. The first-order valence-corrected chi connectivity index (χ1v) is 14.0. The van der Waals surface area contributed by atoms with Crippen molar-refractivity contribution in [3.63, 3.8) is 0 Å². The van der Waals surface area contributed by atoms with Crippen molar-refractivity contribution < 1.29 is 46.7 Å². The lowest BCUT2D eigenvalue weighted by Gasteiger charge is -2.32. The van der Waals surface area contributed by atoms with Crippen LogP contribution in [-0.4, -0.2) is 47.8 Å². The van der Waals surface area contributed by atoms with Gasteiger partial charge in [0.05, 0.1) is 39.6 Å². The Balaban J connectivity index is 1.45. The minimum absolute atomic E-state index is 0.0689. The largest absolute Gasteiger partial charge is 0.388 e. The van der Waals surface area contributed by atoms with Crippen LogP contribution >= 0.6 is 0 Å². The van der Waals surface area contributed by atoms with Gasteiger partial charge in [-0.1, -0.05) is 72.8 Å². The van der Waals surface area contributed by atoms with E-state index in [-0.39, 0.29) is 50.8 Å². The first kappa shape index (κ1) is 33.3. The molecule has 0 bridgehead atoms. The van der Waals surface area contributed by atoms with Crippen LogP contribution in [0.3, 0.4) is 0 Å². The van der Waals surface area contributed by atoms with Gasteiger partial charge in [-0.3, -0.25) is 0 Å². The molecule has 6 nitrogen and oxygen atoms in total. The topological polar surface area (TPSA) is 77.4 Å². The third-order valence-electron chi connectivity index (χ3n) is 6.84. The molecule has 234 valence electrons. The molecule has 0 unspecified atom stereocenters. The summed E-state index contributed by atoms with van der Waals surface area (Å²) in [5.41, 5.74) is 1.80. The van der Waals surface area contributed by atoms with Crippen molar-refractivity contribution in [2.24, 2.45) is 0 Å². The Kier molecular flexibility index (Phi) is 12.9. The van der Waals surface area contributed by atoms with Gasteiger partial charge in [0, 0.05) is 23.3 Å². The molecule has 0 amide bonds. The van der Waals surface area contributed by atoms with Crippen LogP contribution in [0.4, 0.5) is 17.6 Å². The number of rotatable bonds is 17. The Bertz CT molecular complexity index is 1320. The van der Waals surface area contributed by atoms with Gasteiger partial charge in [0.25, 0.3) is 0 Å². The van der Waals surface area contributed by atoms with Crippen molar-refractivity contribution in [2.45, 2.75) is 50.8 Å². The van der Waals surface area contributed by atoms with Gasteiger partial charge in [-0.25, -0.2) is 17.6 Å². The van der Waals surface area contributed by atoms with E-state index in [1.807, 2.05) is 60.7 Å². The normalized spacial score (nSPS) is 14.2. The van der Waals surface area contributed by atoms with Crippen molar-refractivity contribution in [3.05, 3.63) is 143 Å². The molecule has 0 heterocycles. The third-order valence-corrected chi connectivity index (χ3v) is 6.84. The third kappa shape index (κ3) is 10.2. The highest BCUT2D eigenvalue weighted by Gasteiger charge is 2.34. The number of hydrogen-bond acceptors (Lipinski definition) is 6. The summed E-state index contributed by atoms with van der Waals surface area (Å²) in [6.07, 6.45) is -5.34. The molecule has 4 rings (SSSR count). The van der Waals surface area contributed by atoms with Crippen LogP contribution < -0.4 is 0 Å². The molecule has 0 saturated carbocycles. The molecule has 0 aliphatic rings. The number of aliphatic hydroxyl groups excluding tert-OH is 2. The Morgan fingerprint density at radius 3 is 1.25 bits per heavy atom. The zero-order valence-corrected chi connectivity index (χ0v) is 23.8. The molecule has 2 N–H and O–H groups in total. The standard InChI is InChI=1S/C34H34F4O6/c35-27-13-11-25(29(37)15-27)19-41-21-31(43-17-23-7-3-1-4-8-23)33(39)34(40)32(44-18-24-9-5-2-6-10-24)22-42-20-26-12-14-28(36)16-30(26)38/h1-16,31-34,39-40H,17-22H2/t31-,32-,33-,34-/m1/s1. The van der Waals surface area contributed by atoms with E-state index >= 15 is 0 Å². The average Bonchev–Trinajstić information content (AvgIpc) is 3.02. The minimum atomic E-state index is -1.57. The van der Waals surface area contributed by atoms with Gasteiger partial charge in [-0.2, -0.15) is 0 Å². The molecule has 4 aromatic carbocycles. The van der Waals surface area contributed by atoms with Gasteiger partial charge in [0.15, 0.2) is 0 Å². The summed E-state index contributed by atoms with van der Waals surface area (Å²) in [6.45, 7) is -0.844. The Labute approximate surface area is 253 Å². The smallest absolute Gasteiger partial charge is 0.131 e. The van der Waals surface area contributed by atoms with Crippen molar-refractivity contribution >= 4 is 0 Å². The molecule has 0 fully saturated rings. The monoisotopic (exact) mass is 614 g/mol. The van der Waals surface area contributed by atoms with E-state index in [0.717, 1.165) is 35.4 Å². The molecule has 0 aliphatic carbocycles. The second-order valence-corrected chi connectivity index (χ2v) is 10.2. The maximum absolute atomic E-state index is 14.1. The van der Waals surface area contributed by atoms with Crippen LogP contribution in [0, 0.1) is 23.3 Å². The van der Waals surface area contributed by atoms with Gasteiger partial charge >= 0.3 is 0 Å². The molecule has 0 spiro atoms. The Hall–Kier alpha value is -3.64. The highest BCUT2D eigenvalue weighted by atomic mass is 19.1. The summed E-state index contributed by atoms with van der Waals surface area (Å²) in [5.74, 6) is -3.01. The minimum Gasteiger partial charge on any atom is -0.388 e. The molecule has 0 aliphatic heterocycles. The molecule has 0 aromatic heterocycles. The highest BCUT2D eigenvalue weighted by Crippen LogP contribution is 2.19. The van der Waals surface area contributed by atoms with E-state index in [4.69, 9.17) is 18.9 Å². The van der Waals surface area contributed by atoms with Gasteiger partial charge in [-0.15, -0.1) is 0 Å². The van der Waals surface area contributed by atoms with Crippen molar-refractivity contribution in [3.8, 4) is 0 Å². The summed E-state index contributed by atoms with van der Waals surface area (Å²) >= 11 is 0. The zero-order chi connectivity index (χ0) is 31.3. The number of benzene rings is 4. The summed E-state index contributed by atoms with van der Waals surface area (Å²) in [6, 6.07) is 24.5. The van der Waals surface area contributed by atoms with Crippen LogP contribution in [0.1, 0.15) is 22.3 Å². The summed E-state index contributed by atoms with van der Waals surface area (Å²) in [5, 5.41) is 22.6. The molecule has 4 aromatic rings. The first-order valence-electron chi connectivity index (χ1n) is 14.0. The highest BCUT2D eigenvalue weighted by molar-refractivity contribution is 5.19. The first-order chi connectivity index (χ1) is 21.3. The zero-order valence-electron chi connectivity index (χ0n) is 23.8. The van der Waals surface area contributed by atoms with Gasteiger partial charge in [0.1, 0.15) is 47.7 Å². The Morgan fingerprint density at radius 2 is 0.886 bits per heavy atom. The van der Waals surface area contributed by atoms with E-state index in [2.05, 4.69) is 0 Å². The van der Waals surface area contributed by atoms with Gasteiger partial charge < -0.3 is 29.2 Å². The number of hydrogen-bond donors (Lipinski definition) is 2. The van der Waals surface area contributed by atoms with Crippen molar-refractivity contribution in [2.75, 3.05) is 13.2 Å². The second kappa shape index (κ2) is 17.0. The summed E-state index contributed by atoms with van der Waals surface area (Å²) in [7, 11) is 0. The quantitative estimate of drug-likeness (QED) is 0.145. The van der Waals surface area contributed by atoms with E-state index in [9.17, 15) is 27.8 Å². The second-order valence-electron chi connectivity index (χ2n) is 10.2. The fraction of sp³-hybridized carbons (Fsp3) is 0.294.